The van der Waals surface area contributed by atoms with Gasteiger partial charge in [-0.25, -0.2) is 14.5 Å². The monoisotopic (exact) mass is 430 g/mol. The van der Waals surface area contributed by atoms with Gasteiger partial charge in [-0.05, 0) is 56.2 Å². The smallest absolute Gasteiger partial charge is 0.177 e. The molecule has 5 rings (SSSR count). The molecule has 8 nitrogen and oxygen atoms in total. The Hall–Kier alpha value is -3.81. The van der Waals surface area contributed by atoms with Crippen LogP contribution in [-0.2, 0) is 0 Å². The number of rotatable bonds is 6. The van der Waals surface area contributed by atoms with Crippen molar-refractivity contribution in [2.75, 3.05) is 31.0 Å². The zero-order valence-electron chi connectivity index (χ0n) is 18.4. The molecule has 164 valence electrons. The van der Waals surface area contributed by atoms with Crippen LogP contribution in [0.2, 0.25) is 0 Å². The van der Waals surface area contributed by atoms with Crippen molar-refractivity contribution in [1.82, 2.24) is 19.6 Å². The molecule has 1 aromatic carbocycles. The summed E-state index contributed by atoms with van der Waals surface area (Å²) in [5.41, 5.74) is 3.25. The molecule has 1 fully saturated rings. The van der Waals surface area contributed by atoms with E-state index in [4.69, 9.17) is 19.6 Å². The van der Waals surface area contributed by atoms with E-state index in [1.165, 1.54) is 12.8 Å². The van der Waals surface area contributed by atoms with Gasteiger partial charge in [0.15, 0.2) is 17.1 Å². The van der Waals surface area contributed by atoms with Gasteiger partial charge in [0.25, 0.3) is 0 Å². The second-order valence-electron chi connectivity index (χ2n) is 7.90. The lowest BCUT2D eigenvalue weighted by Gasteiger charge is -2.23. The van der Waals surface area contributed by atoms with E-state index < -0.39 is 0 Å². The number of hydrogen-bond acceptors (Lipinski definition) is 7. The van der Waals surface area contributed by atoms with Gasteiger partial charge in [-0.2, -0.15) is 5.10 Å². The molecule has 0 aliphatic carbocycles. The maximum atomic E-state index is 5.47. The Labute approximate surface area is 186 Å². The van der Waals surface area contributed by atoms with Gasteiger partial charge < -0.3 is 19.7 Å². The predicted octanol–water partition coefficient (Wildman–Crippen LogP) is 4.54. The third-order valence-corrected chi connectivity index (χ3v) is 5.88. The van der Waals surface area contributed by atoms with Crippen LogP contribution in [0, 0.1) is 0 Å². The van der Waals surface area contributed by atoms with Gasteiger partial charge in [-0.3, -0.25) is 0 Å². The zero-order valence-corrected chi connectivity index (χ0v) is 18.4. The third-order valence-electron chi connectivity index (χ3n) is 5.88. The van der Waals surface area contributed by atoms with E-state index in [2.05, 4.69) is 28.2 Å². The Morgan fingerprint density at radius 2 is 1.94 bits per heavy atom. The lowest BCUT2D eigenvalue weighted by atomic mass is 10.1. The number of methoxy groups -OCH3 is 2. The summed E-state index contributed by atoms with van der Waals surface area (Å²) in [7, 11) is 3.25. The first-order valence-electron chi connectivity index (χ1n) is 10.7. The molecule has 1 N–H and O–H groups in total. The fraction of sp³-hybridized carbons (Fsp3) is 0.292. The number of fused-ring (bicyclic) bond motifs is 1. The topological polar surface area (TPSA) is 76.8 Å². The van der Waals surface area contributed by atoms with Crippen molar-refractivity contribution in [3.8, 4) is 22.8 Å². The molecule has 3 aromatic heterocycles. The summed E-state index contributed by atoms with van der Waals surface area (Å²) in [6, 6.07) is 14.3. The van der Waals surface area contributed by atoms with E-state index in [0.717, 1.165) is 40.8 Å². The van der Waals surface area contributed by atoms with Gasteiger partial charge >= 0.3 is 0 Å². The molecule has 0 saturated carbocycles. The van der Waals surface area contributed by atoms with Crippen LogP contribution in [0.15, 0.2) is 54.9 Å². The van der Waals surface area contributed by atoms with Gasteiger partial charge in [0, 0.05) is 30.5 Å². The molecule has 1 unspecified atom stereocenters. The zero-order chi connectivity index (χ0) is 22.1. The summed E-state index contributed by atoms with van der Waals surface area (Å²) in [5.74, 6) is 3.10. The van der Waals surface area contributed by atoms with Crippen LogP contribution in [0.4, 0.5) is 17.3 Å². The molecule has 8 heteroatoms. The molecule has 4 aromatic rings. The minimum atomic E-state index is 0.509. The molecular formula is C24H26N6O2. The summed E-state index contributed by atoms with van der Waals surface area (Å²) in [6.07, 6.45) is 5.98. The van der Waals surface area contributed by atoms with Crippen LogP contribution in [0.1, 0.15) is 19.8 Å². The highest BCUT2D eigenvalue weighted by Crippen LogP contribution is 2.33. The Balaban J connectivity index is 1.52. The normalized spacial score (nSPS) is 15.8. The SMILES string of the molecule is COc1ccc(-c2cc(Nc3cccc(N4CCCC4C)n3)c3nccn3n2)cc1OC. The summed E-state index contributed by atoms with van der Waals surface area (Å²) in [6.45, 7) is 3.29. The molecule has 1 saturated heterocycles. The fourth-order valence-electron chi connectivity index (χ4n) is 4.21. The van der Waals surface area contributed by atoms with Gasteiger partial charge in [-0.1, -0.05) is 6.07 Å². The van der Waals surface area contributed by atoms with E-state index in [0.29, 0.717) is 17.5 Å². The molecule has 32 heavy (non-hydrogen) atoms. The predicted molar refractivity (Wildman–Crippen MR) is 125 cm³/mol. The van der Waals surface area contributed by atoms with Gasteiger partial charge in [-0.15, -0.1) is 0 Å². The molecule has 1 aliphatic rings. The van der Waals surface area contributed by atoms with Crippen molar-refractivity contribution in [2.45, 2.75) is 25.8 Å². The molecule has 1 atom stereocenters. The summed E-state index contributed by atoms with van der Waals surface area (Å²) >= 11 is 0. The first-order valence-corrected chi connectivity index (χ1v) is 10.7. The number of nitrogens with one attached hydrogen (secondary N) is 1. The average molecular weight is 431 g/mol. The molecular weight excluding hydrogens is 404 g/mol. The highest BCUT2D eigenvalue weighted by Gasteiger charge is 2.21. The van der Waals surface area contributed by atoms with Crippen molar-refractivity contribution in [3.63, 3.8) is 0 Å². The first-order chi connectivity index (χ1) is 15.7. The van der Waals surface area contributed by atoms with E-state index in [1.807, 2.05) is 42.6 Å². The van der Waals surface area contributed by atoms with Crippen LogP contribution in [0.5, 0.6) is 11.5 Å². The second kappa shape index (κ2) is 8.37. The highest BCUT2D eigenvalue weighted by atomic mass is 16.5. The van der Waals surface area contributed by atoms with Crippen molar-refractivity contribution in [3.05, 3.63) is 54.9 Å². The summed E-state index contributed by atoms with van der Waals surface area (Å²) in [5, 5.41) is 8.17. The molecule has 0 spiro atoms. The van der Waals surface area contributed by atoms with Crippen LogP contribution in [0.25, 0.3) is 16.9 Å². The first kappa shape index (κ1) is 20.1. The number of imidazole rings is 1. The number of benzene rings is 1. The van der Waals surface area contributed by atoms with Crippen LogP contribution in [-0.4, -0.2) is 46.4 Å². The maximum absolute atomic E-state index is 5.47. The van der Waals surface area contributed by atoms with Crippen molar-refractivity contribution >= 4 is 23.0 Å². The van der Waals surface area contributed by atoms with E-state index >= 15 is 0 Å². The van der Waals surface area contributed by atoms with Crippen LogP contribution < -0.4 is 19.7 Å². The fourth-order valence-corrected chi connectivity index (χ4v) is 4.21. The molecule has 4 heterocycles. The van der Waals surface area contributed by atoms with Gasteiger partial charge in [0.2, 0.25) is 0 Å². The average Bonchev–Trinajstić information content (AvgIpc) is 3.47. The van der Waals surface area contributed by atoms with E-state index in [9.17, 15) is 0 Å². The van der Waals surface area contributed by atoms with Crippen LogP contribution in [0.3, 0.4) is 0 Å². The highest BCUT2D eigenvalue weighted by molar-refractivity contribution is 5.77. The summed E-state index contributed by atoms with van der Waals surface area (Å²) < 4.78 is 12.6. The molecule has 1 aliphatic heterocycles. The number of pyridine rings is 1. The quantitative estimate of drug-likeness (QED) is 0.481. The summed E-state index contributed by atoms with van der Waals surface area (Å²) in [4.78, 5) is 11.7. The van der Waals surface area contributed by atoms with Gasteiger partial charge in [0.1, 0.15) is 11.6 Å². The Morgan fingerprint density at radius 1 is 1.06 bits per heavy atom. The maximum Gasteiger partial charge on any atom is 0.177 e. The minimum Gasteiger partial charge on any atom is -0.493 e. The molecule has 0 radical (unpaired) electrons. The number of anilines is 3. The lowest BCUT2D eigenvalue weighted by Crippen LogP contribution is -2.27. The number of nitrogens with zero attached hydrogens (tertiary/aromatic N) is 5. The number of aromatic nitrogens is 4. The van der Waals surface area contributed by atoms with Crippen molar-refractivity contribution in [2.24, 2.45) is 0 Å². The third kappa shape index (κ3) is 3.68. The lowest BCUT2D eigenvalue weighted by molar-refractivity contribution is 0.355. The standard InChI is InChI=1S/C24H26N6O2/c1-16-6-5-12-29(16)23-8-4-7-22(27-23)26-19-15-18(28-30-13-11-25-24(19)30)17-9-10-20(31-2)21(14-17)32-3/h4,7-11,13-16H,5-6,12H2,1-3H3,(H,26,27). The number of hydrogen-bond donors (Lipinski definition) is 1. The largest absolute Gasteiger partial charge is 0.493 e. The Kier molecular flexibility index (Phi) is 5.26. The Morgan fingerprint density at radius 3 is 2.72 bits per heavy atom. The number of ether oxygens (including phenoxy) is 2. The molecule has 0 bridgehead atoms. The Bertz CT molecular complexity index is 1250. The molecule has 0 amide bonds. The van der Waals surface area contributed by atoms with Crippen molar-refractivity contribution < 1.29 is 9.47 Å². The van der Waals surface area contributed by atoms with Gasteiger partial charge in [0.05, 0.1) is 25.6 Å². The minimum absolute atomic E-state index is 0.509. The van der Waals surface area contributed by atoms with Crippen LogP contribution >= 0.6 is 0 Å². The van der Waals surface area contributed by atoms with Crippen molar-refractivity contribution in [1.29, 1.82) is 0 Å². The van der Waals surface area contributed by atoms with E-state index in [1.54, 1.807) is 24.9 Å². The second-order valence-corrected chi connectivity index (χ2v) is 7.90. The van der Waals surface area contributed by atoms with E-state index in [-0.39, 0.29) is 0 Å².